The Kier molecular flexibility index (Phi) is 9.23. The first-order valence-electron chi connectivity index (χ1n) is 19.6. The van der Waals surface area contributed by atoms with Gasteiger partial charge in [0.25, 0.3) is 0 Å². The third-order valence-corrected chi connectivity index (χ3v) is 10.7. The first kappa shape index (κ1) is 34.7. The van der Waals surface area contributed by atoms with E-state index < -0.39 is 0 Å². The quantitative estimate of drug-likeness (QED) is 0.156. The standard InChI is InChI=1S/C55H37N3/c1-4-14-38(15-5-1)41-26-28-42(29-27-41)53-36-54(58-55(57-53)47-25-13-23-45(31-47)52-35-44-20-10-11-21-48(44)37-56-52)46-24-12-22-43(30-46)51-33-49(39-16-6-2-7-17-39)32-50(34-51)40-18-8-3-9-19-40/h1-37H. The van der Waals surface area contributed by atoms with E-state index in [0.717, 1.165) is 66.8 Å². The van der Waals surface area contributed by atoms with E-state index >= 15 is 0 Å². The Bertz CT molecular complexity index is 2970. The monoisotopic (exact) mass is 739 g/mol. The van der Waals surface area contributed by atoms with Gasteiger partial charge in [0.15, 0.2) is 5.82 Å². The molecular weight excluding hydrogens is 703 g/mol. The van der Waals surface area contributed by atoms with Crippen LogP contribution in [0.25, 0.3) is 100 Å². The van der Waals surface area contributed by atoms with Crippen molar-refractivity contribution >= 4 is 10.8 Å². The van der Waals surface area contributed by atoms with E-state index in [0.29, 0.717) is 5.82 Å². The molecule has 8 aromatic carbocycles. The van der Waals surface area contributed by atoms with Crippen LogP contribution in [0.2, 0.25) is 0 Å². The summed E-state index contributed by atoms with van der Waals surface area (Å²) in [6.07, 6.45) is 1.94. The van der Waals surface area contributed by atoms with Crippen LogP contribution in [0.3, 0.4) is 0 Å². The summed E-state index contributed by atoms with van der Waals surface area (Å²) in [7, 11) is 0. The molecule has 0 fully saturated rings. The zero-order chi connectivity index (χ0) is 38.7. The largest absolute Gasteiger partial charge is 0.256 e. The summed E-state index contributed by atoms with van der Waals surface area (Å²) >= 11 is 0. The van der Waals surface area contributed by atoms with E-state index in [1.807, 2.05) is 18.3 Å². The van der Waals surface area contributed by atoms with Crippen molar-refractivity contribution in [1.29, 1.82) is 0 Å². The van der Waals surface area contributed by atoms with Gasteiger partial charge in [-0.1, -0.05) is 176 Å². The molecule has 3 nitrogen and oxygen atoms in total. The second-order valence-corrected chi connectivity index (χ2v) is 14.5. The van der Waals surface area contributed by atoms with Crippen LogP contribution in [-0.4, -0.2) is 15.0 Å². The van der Waals surface area contributed by atoms with Crippen molar-refractivity contribution in [2.75, 3.05) is 0 Å². The van der Waals surface area contributed by atoms with E-state index in [9.17, 15) is 0 Å². The third kappa shape index (κ3) is 7.21. The second kappa shape index (κ2) is 15.4. The molecule has 0 bridgehead atoms. The van der Waals surface area contributed by atoms with E-state index in [2.05, 4.69) is 206 Å². The molecule has 3 heteroatoms. The second-order valence-electron chi connectivity index (χ2n) is 14.5. The number of aromatic nitrogens is 3. The SMILES string of the molecule is c1ccc(-c2ccc(-c3cc(-c4cccc(-c5cc(-c6ccccc6)cc(-c6ccccc6)c5)c4)nc(-c4cccc(-c5cc6ccccc6cn5)c4)n3)cc2)cc1. The molecule has 272 valence electrons. The molecule has 10 rings (SSSR count). The molecule has 0 aliphatic heterocycles. The van der Waals surface area contributed by atoms with Gasteiger partial charge >= 0.3 is 0 Å². The summed E-state index contributed by atoms with van der Waals surface area (Å²) in [5.74, 6) is 0.658. The molecule has 0 aliphatic carbocycles. The van der Waals surface area contributed by atoms with Gasteiger partial charge in [-0.15, -0.1) is 0 Å². The number of benzene rings is 8. The van der Waals surface area contributed by atoms with Gasteiger partial charge in [0, 0.05) is 33.8 Å². The molecular formula is C55H37N3. The highest BCUT2D eigenvalue weighted by Crippen LogP contribution is 2.36. The summed E-state index contributed by atoms with van der Waals surface area (Å²) < 4.78 is 0. The molecule has 0 radical (unpaired) electrons. The van der Waals surface area contributed by atoms with Crippen molar-refractivity contribution in [3.05, 3.63) is 225 Å². The van der Waals surface area contributed by atoms with E-state index in [1.165, 1.54) is 27.8 Å². The van der Waals surface area contributed by atoms with Gasteiger partial charge in [-0.2, -0.15) is 0 Å². The van der Waals surface area contributed by atoms with Gasteiger partial charge in [0.1, 0.15) is 0 Å². The van der Waals surface area contributed by atoms with Gasteiger partial charge in [0.05, 0.1) is 17.1 Å². The number of rotatable bonds is 8. The summed E-state index contributed by atoms with van der Waals surface area (Å²) in [6.45, 7) is 0. The Morgan fingerprint density at radius 1 is 0.224 bits per heavy atom. The Hall–Kier alpha value is -7.75. The predicted octanol–water partition coefficient (Wildman–Crippen LogP) is 14.4. The minimum absolute atomic E-state index is 0.658. The van der Waals surface area contributed by atoms with Gasteiger partial charge in [0.2, 0.25) is 0 Å². The average Bonchev–Trinajstić information content (AvgIpc) is 3.32. The Morgan fingerprint density at radius 3 is 1.24 bits per heavy atom. The lowest BCUT2D eigenvalue weighted by atomic mass is 9.92. The van der Waals surface area contributed by atoms with Crippen molar-refractivity contribution in [1.82, 2.24) is 15.0 Å². The lowest BCUT2D eigenvalue weighted by Gasteiger charge is -2.13. The lowest BCUT2D eigenvalue weighted by molar-refractivity contribution is 1.18. The first-order chi connectivity index (χ1) is 28.7. The summed E-state index contributed by atoms with van der Waals surface area (Å²) in [4.78, 5) is 15.3. The fourth-order valence-corrected chi connectivity index (χ4v) is 7.64. The molecule has 0 saturated carbocycles. The summed E-state index contributed by atoms with van der Waals surface area (Å²) in [5.41, 5.74) is 15.9. The zero-order valence-electron chi connectivity index (χ0n) is 31.7. The van der Waals surface area contributed by atoms with Crippen molar-refractivity contribution in [2.24, 2.45) is 0 Å². The maximum Gasteiger partial charge on any atom is 0.160 e. The summed E-state index contributed by atoms with van der Waals surface area (Å²) in [5, 5.41) is 2.27. The Morgan fingerprint density at radius 2 is 0.621 bits per heavy atom. The van der Waals surface area contributed by atoms with Crippen molar-refractivity contribution < 1.29 is 0 Å². The molecule has 0 saturated heterocycles. The third-order valence-electron chi connectivity index (χ3n) is 10.7. The van der Waals surface area contributed by atoms with Crippen LogP contribution >= 0.6 is 0 Å². The first-order valence-corrected chi connectivity index (χ1v) is 19.6. The van der Waals surface area contributed by atoms with Gasteiger partial charge in [-0.3, -0.25) is 4.98 Å². The normalized spacial score (nSPS) is 11.1. The molecule has 2 heterocycles. The van der Waals surface area contributed by atoms with Crippen LogP contribution in [0.15, 0.2) is 225 Å². The van der Waals surface area contributed by atoms with E-state index in [4.69, 9.17) is 15.0 Å². The highest BCUT2D eigenvalue weighted by atomic mass is 14.9. The number of pyridine rings is 1. The molecule has 0 unspecified atom stereocenters. The maximum absolute atomic E-state index is 5.28. The van der Waals surface area contributed by atoms with Crippen molar-refractivity contribution in [3.63, 3.8) is 0 Å². The molecule has 0 aliphatic rings. The Labute approximate surface area is 338 Å². The van der Waals surface area contributed by atoms with E-state index in [1.54, 1.807) is 0 Å². The van der Waals surface area contributed by atoms with Crippen molar-refractivity contribution in [3.8, 4) is 89.7 Å². The number of hydrogen-bond acceptors (Lipinski definition) is 3. The number of nitrogens with zero attached hydrogens (tertiary/aromatic N) is 3. The molecule has 2 aromatic heterocycles. The molecule has 10 aromatic rings. The predicted molar refractivity (Wildman–Crippen MR) is 241 cm³/mol. The van der Waals surface area contributed by atoms with Crippen molar-refractivity contribution in [2.45, 2.75) is 0 Å². The van der Waals surface area contributed by atoms with Crippen LogP contribution in [0.5, 0.6) is 0 Å². The summed E-state index contributed by atoms with van der Waals surface area (Å²) in [6, 6.07) is 76.9. The van der Waals surface area contributed by atoms with Crippen LogP contribution in [0.4, 0.5) is 0 Å². The molecule has 0 N–H and O–H groups in total. The number of fused-ring (bicyclic) bond motifs is 1. The van der Waals surface area contributed by atoms with Gasteiger partial charge in [-0.25, -0.2) is 9.97 Å². The van der Waals surface area contributed by atoms with Gasteiger partial charge in [-0.05, 0) is 92.4 Å². The van der Waals surface area contributed by atoms with E-state index in [-0.39, 0.29) is 0 Å². The molecule has 0 atom stereocenters. The molecule has 0 spiro atoms. The lowest BCUT2D eigenvalue weighted by Crippen LogP contribution is -1.97. The van der Waals surface area contributed by atoms with Crippen LogP contribution in [0, 0.1) is 0 Å². The molecule has 0 amide bonds. The van der Waals surface area contributed by atoms with Gasteiger partial charge < -0.3 is 0 Å². The zero-order valence-corrected chi connectivity index (χ0v) is 31.7. The average molecular weight is 740 g/mol. The highest BCUT2D eigenvalue weighted by Gasteiger charge is 2.14. The van der Waals surface area contributed by atoms with Crippen LogP contribution in [0.1, 0.15) is 0 Å². The van der Waals surface area contributed by atoms with Crippen LogP contribution in [-0.2, 0) is 0 Å². The highest BCUT2D eigenvalue weighted by molar-refractivity contribution is 5.86. The minimum Gasteiger partial charge on any atom is -0.256 e. The molecule has 58 heavy (non-hydrogen) atoms. The smallest absolute Gasteiger partial charge is 0.160 e. The number of hydrogen-bond donors (Lipinski definition) is 0. The maximum atomic E-state index is 5.28. The van der Waals surface area contributed by atoms with Crippen LogP contribution < -0.4 is 0 Å². The topological polar surface area (TPSA) is 38.7 Å². The fraction of sp³-hybridized carbons (Fsp3) is 0. The fourth-order valence-electron chi connectivity index (χ4n) is 7.64. The minimum atomic E-state index is 0.658. The Balaban J connectivity index is 1.09.